The maximum absolute atomic E-state index is 12.2. The standard InChI is InChI=1S/C15H22BrNOS/c16-9-3-1-2-4-10-17-15(18)13-6-5-7-14-12(13)8-11-19-14/h8,11,13H,1-7,9-10H2,(H,17,18). The normalized spacial score (nSPS) is 18.1. The number of thiophene rings is 1. The third kappa shape index (κ3) is 4.32. The molecule has 1 aliphatic carbocycles. The molecule has 4 heteroatoms. The quantitative estimate of drug-likeness (QED) is 0.582. The summed E-state index contributed by atoms with van der Waals surface area (Å²) >= 11 is 5.24. The first-order chi connectivity index (χ1) is 9.33. The summed E-state index contributed by atoms with van der Waals surface area (Å²) in [6.45, 7) is 0.830. The van der Waals surface area contributed by atoms with E-state index in [1.807, 2.05) is 0 Å². The first-order valence-electron chi connectivity index (χ1n) is 7.23. The minimum atomic E-state index is 0.109. The second kappa shape index (κ2) is 8.05. The van der Waals surface area contributed by atoms with Crippen molar-refractivity contribution in [3.63, 3.8) is 0 Å². The molecule has 0 radical (unpaired) electrons. The number of alkyl halides is 1. The van der Waals surface area contributed by atoms with Gasteiger partial charge in [0.25, 0.3) is 0 Å². The van der Waals surface area contributed by atoms with Crippen LogP contribution in [0.1, 0.15) is 54.9 Å². The van der Waals surface area contributed by atoms with Crippen molar-refractivity contribution in [1.82, 2.24) is 5.32 Å². The van der Waals surface area contributed by atoms with Gasteiger partial charge in [-0.1, -0.05) is 28.8 Å². The highest BCUT2D eigenvalue weighted by atomic mass is 79.9. The van der Waals surface area contributed by atoms with Crippen molar-refractivity contribution < 1.29 is 4.79 Å². The number of nitrogens with one attached hydrogen (secondary N) is 1. The fourth-order valence-corrected chi connectivity index (χ4v) is 4.05. The molecule has 2 rings (SSSR count). The Labute approximate surface area is 128 Å². The minimum Gasteiger partial charge on any atom is -0.356 e. The lowest BCUT2D eigenvalue weighted by Crippen LogP contribution is -2.31. The van der Waals surface area contributed by atoms with E-state index in [0.717, 1.165) is 37.6 Å². The van der Waals surface area contributed by atoms with Crippen LogP contribution in [0.25, 0.3) is 0 Å². The van der Waals surface area contributed by atoms with Crippen LogP contribution in [-0.4, -0.2) is 17.8 Å². The number of hydrogen-bond acceptors (Lipinski definition) is 2. The molecule has 1 aromatic rings. The molecule has 0 aliphatic heterocycles. The monoisotopic (exact) mass is 343 g/mol. The smallest absolute Gasteiger partial charge is 0.227 e. The number of aryl methyl sites for hydroxylation is 1. The zero-order valence-corrected chi connectivity index (χ0v) is 13.7. The molecule has 106 valence electrons. The second-order valence-corrected chi connectivity index (χ2v) is 6.93. The van der Waals surface area contributed by atoms with Gasteiger partial charge in [-0.25, -0.2) is 0 Å². The molecule has 0 spiro atoms. The molecular weight excluding hydrogens is 322 g/mol. The van der Waals surface area contributed by atoms with Gasteiger partial charge in [0.15, 0.2) is 0 Å². The van der Waals surface area contributed by atoms with Crippen molar-refractivity contribution in [2.45, 2.75) is 50.9 Å². The van der Waals surface area contributed by atoms with Crippen LogP contribution in [-0.2, 0) is 11.2 Å². The average molecular weight is 344 g/mol. The first kappa shape index (κ1) is 15.0. The number of unbranched alkanes of at least 4 members (excludes halogenated alkanes) is 3. The van der Waals surface area contributed by atoms with Crippen molar-refractivity contribution in [1.29, 1.82) is 0 Å². The van der Waals surface area contributed by atoms with E-state index < -0.39 is 0 Å². The molecule has 19 heavy (non-hydrogen) atoms. The number of rotatable bonds is 7. The molecule has 1 atom stereocenters. The summed E-state index contributed by atoms with van der Waals surface area (Å²) < 4.78 is 0. The van der Waals surface area contributed by atoms with Gasteiger partial charge in [-0.2, -0.15) is 0 Å². The predicted molar refractivity (Wildman–Crippen MR) is 85.3 cm³/mol. The van der Waals surface area contributed by atoms with E-state index >= 15 is 0 Å². The average Bonchev–Trinajstić information content (AvgIpc) is 2.90. The van der Waals surface area contributed by atoms with Crippen molar-refractivity contribution in [2.24, 2.45) is 0 Å². The van der Waals surface area contributed by atoms with Gasteiger partial charge >= 0.3 is 0 Å². The fraction of sp³-hybridized carbons (Fsp3) is 0.667. The third-order valence-corrected chi connectivity index (χ3v) is 5.29. The van der Waals surface area contributed by atoms with Gasteiger partial charge in [0.05, 0.1) is 5.92 Å². The van der Waals surface area contributed by atoms with Crippen LogP contribution < -0.4 is 5.32 Å². The molecule has 1 aliphatic rings. The summed E-state index contributed by atoms with van der Waals surface area (Å²) in [5.74, 6) is 0.345. The fourth-order valence-electron chi connectivity index (χ4n) is 2.67. The van der Waals surface area contributed by atoms with Crippen LogP contribution in [0.5, 0.6) is 0 Å². The van der Waals surface area contributed by atoms with E-state index in [1.54, 1.807) is 11.3 Å². The molecule has 0 saturated heterocycles. The predicted octanol–water partition coefficient (Wildman–Crippen LogP) is 4.24. The second-order valence-electron chi connectivity index (χ2n) is 5.14. The topological polar surface area (TPSA) is 29.1 Å². The van der Waals surface area contributed by atoms with Gasteiger partial charge in [-0.05, 0) is 49.1 Å². The lowest BCUT2D eigenvalue weighted by molar-refractivity contribution is -0.122. The third-order valence-electron chi connectivity index (χ3n) is 3.73. The SMILES string of the molecule is O=C(NCCCCCCBr)C1CCCc2sccc21. The molecule has 0 saturated carbocycles. The molecule has 0 bridgehead atoms. The Morgan fingerprint density at radius 3 is 3.05 bits per heavy atom. The van der Waals surface area contributed by atoms with Gasteiger partial charge in [-0.3, -0.25) is 4.79 Å². The Balaban J connectivity index is 1.73. The van der Waals surface area contributed by atoms with E-state index in [4.69, 9.17) is 0 Å². The van der Waals surface area contributed by atoms with E-state index in [0.29, 0.717) is 0 Å². The van der Waals surface area contributed by atoms with Crippen molar-refractivity contribution in [3.8, 4) is 0 Å². The summed E-state index contributed by atoms with van der Waals surface area (Å²) in [7, 11) is 0. The Kier molecular flexibility index (Phi) is 6.38. The highest BCUT2D eigenvalue weighted by Gasteiger charge is 2.26. The van der Waals surface area contributed by atoms with Gasteiger partial charge in [0.2, 0.25) is 5.91 Å². The summed E-state index contributed by atoms with van der Waals surface area (Å²) in [5.41, 5.74) is 1.29. The van der Waals surface area contributed by atoms with Crippen LogP contribution in [0.4, 0.5) is 0 Å². The van der Waals surface area contributed by atoms with E-state index in [1.165, 1.54) is 29.7 Å². The Hall–Kier alpha value is -0.350. The number of hydrogen-bond donors (Lipinski definition) is 1. The van der Waals surface area contributed by atoms with Crippen molar-refractivity contribution in [3.05, 3.63) is 21.9 Å². The number of fused-ring (bicyclic) bond motifs is 1. The number of amides is 1. The van der Waals surface area contributed by atoms with Crippen LogP contribution in [0.15, 0.2) is 11.4 Å². The van der Waals surface area contributed by atoms with E-state index in [-0.39, 0.29) is 11.8 Å². The molecule has 1 amide bonds. The van der Waals surface area contributed by atoms with Crippen LogP contribution >= 0.6 is 27.3 Å². The maximum Gasteiger partial charge on any atom is 0.227 e. The van der Waals surface area contributed by atoms with E-state index in [9.17, 15) is 4.79 Å². The minimum absolute atomic E-state index is 0.109. The zero-order chi connectivity index (χ0) is 13.5. The summed E-state index contributed by atoms with van der Waals surface area (Å²) in [4.78, 5) is 13.7. The molecule has 1 N–H and O–H groups in total. The lowest BCUT2D eigenvalue weighted by atomic mass is 9.87. The Morgan fingerprint density at radius 2 is 2.21 bits per heavy atom. The van der Waals surface area contributed by atoms with Crippen LogP contribution in [0, 0.1) is 0 Å². The maximum atomic E-state index is 12.2. The molecule has 0 aromatic carbocycles. The van der Waals surface area contributed by atoms with Crippen molar-refractivity contribution >= 4 is 33.2 Å². The van der Waals surface area contributed by atoms with Crippen molar-refractivity contribution in [2.75, 3.05) is 11.9 Å². The highest BCUT2D eigenvalue weighted by molar-refractivity contribution is 9.09. The number of carbonyl (C=O) groups excluding carboxylic acids is 1. The van der Waals surface area contributed by atoms with Gasteiger partial charge in [-0.15, -0.1) is 11.3 Å². The van der Waals surface area contributed by atoms with Crippen LogP contribution in [0.3, 0.4) is 0 Å². The molecule has 1 heterocycles. The largest absolute Gasteiger partial charge is 0.356 e. The number of halogens is 1. The highest BCUT2D eigenvalue weighted by Crippen LogP contribution is 2.34. The first-order valence-corrected chi connectivity index (χ1v) is 9.23. The van der Waals surface area contributed by atoms with Gasteiger partial charge in [0, 0.05) is 16.8 Å². The van der Waals surface area contributed by atoms with Gasteiger partial charge in [0.1, 0.15) is 0 Å². The Morgan fingerprint density at radius 1 is 1.37 bits per heavy atom. The lowest BCUT2D eigenvalue weighted by Gasteiger charge is -2.21. The Bertz CT molecular complexity index is 405. The molecule has 0 fully saturated rings. The van der Waals surface area contributed by atoms with E-state index in [2.05, 4.69) is 32.7 Å². The molecule has 1 unspecified atom stereocenters. The summed E-state index contributed by atoms with van der Waals surface area (Å²) in [5, 5.41) is 6.32. The summed E-state index contributed by atoms with van der Waals surface area (Å²) in [6.07, 6.45) is 8.11. The zero-order valence-electron chi connectivity index (χ0n) is 11.3. The number of carbonyl (C=O) groups is 1. The van der Waals surface area contributed by atoms with Gasteiger partial charge < -0.3 is 5.32 Å². The summed E-state index contributed by atoms with van der Waals surface area (Å²) in [6, 6.07) is 2.14. The molecule has 1 aromatic heterocycles. The molecular formula is C15H22BrNOS. The molecule has 2 nitrogen and oxygen atoms in total. The van der Waals surface area contributed by atoms with Crippen LogP contribution in [0.2, 0.25) is 0 Å².